The van der Waals surface area contributed by atoms with E-state index in [4.69, 9.17) is 4.74 Å². The molecule has 0 saturated carbocycles. The summed E-state index contributed by atoms with van der Waals surface area (Å²) in [5, 5.41) is 9.38. The van der Waals surface area contributed by atoms with E-state index in [0.29, 0.717) is 28.0 Å². The number of carbonyl (C=O) groups excluding carboxylic acids is 2. The molecule has 0 radical (unpaired) electrons. The van der Waals surface area contributed by atoms with Gasteiger partial charge in [0, 0.05) is 18.0 Å². The number of amides is 1. The minimum absolute atomic E-state index is 0.0593. The molecule has 1 heterocycles. The van der Waals surface area contributed by atoms with Crippen LogP contribution in [0.5, 0.6) is 0 Å². The van der Waals surface area contributed by atoms with Gasteiger partial charge < -0.3 is 9.64 Å². The van der Waals surface area contributed by atoms with E-state index in [1.165, 1.54) is 17.0 Å². The highest BCUT2D eigenvalue weighted by Gasteiger charge is 2.37. The largest absolute Gasteiger partial charge is 0.462 e. The van der Waals surface area contributed by atoms with E-state index in [1.54, 1.807) is 37.3 Å². The van der Waals surface area contributed by atoms with Crippen molar-refractivity contribution in [3.05, 3.63) is 82.3 Å². The lowest BCUT2D eigenvalue weighted by Crippen LogP contribution is -2.38. The lowest BCUT2D eigenvalue weighted by molar-refractivity contribution is -0.141. The number of hydrogen-bond acceptors (Lipinski definition) is 4. The monoisotopic (exact) mass is 420 g/mol. The molecule has 0 spiro atoms. The second-order valence-corrected chi connectivity index (χ2v) is 8.05. The first-order valence-electron chi connectivity index (χ1n) is 10.2. The third-order valence-electron chi connectivity index (χ3n) is 5.33. The number of allylic oxidation sites excluding steroid dienone is 1. The number of esters is 1. The molecular formula is C25H25FN2O3. The summed E-state index contributed by atoms with van der Waals surface area (Å²) in [6.45, 7) is 6.06. The number of rotatable bonds is 6. The van der Waals surface area contributed by atoms with Crippen LogP contribution in [0.4, 0.5) is 4.39 Å². The van der Waals surface area contributed by atoms with E-state index < -0.39 is 11.9 Å². The number of benzene rings is 2. The minimum atomic E-state index is -0.518. The van der Waals surface area contributed by atoms with Gasteiger partial charge in [0.2, 0.25) is 5.91 Å². The van der Waals surface area contributed by atoms with Gasteiger partial charge in [-0.25, -0.2) is 9.18 Å². The second-order valence-electron chi connectivity index (χ2n) is 8.05. The van der Waals surface area contributed by atoms with E-state index in [9.17, 15) is 19.2 Å². The standard InChI is InChI=1S/C25H25FN2O3/c1-16(2)15-31-25(30)24-17(3)28(14-20-7-5-4-6-19(20)13-27)23(29)12-22(24)18-8-10-21(26)11-9-18/h4-11,16,22H,12,14-15H2,1-3H3. The molecule has 1 aliphatic rings. The predicted molar refractivity (Wildman–Crippen MR) is 114 cm³/mol. The van der Waals surface area contributed by atoms with Crippen molar-refractivity contribution in [2.24, 2.45) is 5.92 Å². The molecule has 0 N–H and O–H groups in total. The van der Waals surface area contributed by atoms with E-state index in [-0.39, 0.29) is 37.2 Å². The zero-order chi connectivity index (χ0) is 22.5. The molecule has 5 nitrogen and oxygen atoms in total. The first kappa shape index (κ1) is 22.2. The van der Waals surface area contributed by atoms with Crippen molar-refractivity contribution in [1.82, 2.24) is 4.90 Å². The summed E-state index contributed by atoms with van der Waals surface area (Å²) < 4.78 is 18.9. The Hall–Kier alpha value is -3.46. The normalized spacial score (nSPS) is 16.5. The van der Waals surface area contributed by atoms with Crippen molar-refractivity contribution < 1.29 is 18.7 Å². The van der Waals surface area contributed by atoms with Gasteiger partial charge in [0.1, 0.15) is 5.82 Å². The molecule has 3 rings (SSSR count). The molecular weight excluding hydrogens is 395 g/mol. The van der Waals surface area contributed by atoms with E-state index in [2.05, 4.69) is 6.07 Å². The lowest BCUT2D eigenvalue weighted by Gasteiger charge is -2.34. The van der Waals surface area contributed by atoms with Crippen molar-refractivity contribution in [1.29, 1.82) is 5.26 Å². The Morgan fingerprint density at radius 3 is 2.55 bits per heavy atom. The van der Waals surface area contributed by atoms with Crippen LogP contribution in [0.1, 0.15) is 49.8 Å². The molecule has 0 saturated heterocycles. The summed E-state index contributed by atoms with van der Waals surface area (Å²) in [5.41, 5.74) is 2.75. The fraction of sp³-hybridized carbons (Fsp3) is 0.320. The molecule has 0 fully saturated rings. The van der Waals surface area contributed by atoms with E-state index in [1.807, 2.05) is 19.9 Å². The number of nitrogens with zero attached hydrogens (tertiary/aromatic N) is 2. The Morgan fingerprint density at radius 2 is 1.90 bits per heavy atom. The van der Waals surface area contributed by atoms with Crippen molar-refractivity contribution in [3.63, 3.8) is 0 Å². The Kier molecular flexibility index (Phi) is 6.86. The summed E-state index contributed by atoms with van der Waals surface area (Å²) in [4.78, 5) is 27.7. The maximum Gasteiger partial charge on any atom is 0.336 e. The number of hydrogen-bond donors (Lipinski definition) is 0. The van der Waals surface area contributed by atoms with Crippen LogP contribution in [0.15, 0.2) is 59.8 Å². The maximum atomic E-state index is 13.4. The first-order valence-corrected chi connectivity index (χ1v) is 10.2. The quantitative estimate of drug-likeness (QED) is 0.636. The van der Waals surface area contributed by atoms with Gasteiger partial charge in [-0.15, -0.1) is 0 Å². The number of nitriles is 1. The predicted octanol–water partition coefficient (Wildman–Crippen LogP) is 4.69. The van der Waals surface area contributed by atoms with Crippen molar-refractivity contribution >= 4 is 11.9 Å². The topological polar surface area (TPSA) is 70.4 Å². The molecule has 31 heavy (non-hydrogen) atoms. The SMILES string of the molecule is CC1=C(C(=O)OCC(C)C)C(c2ccc(F)cc2)CC(=O)N1Cc1ccccc1C#N. The minimum Gasteiger partial charge on any atom is -0.462 e. The molecule has 2 aromatic carbocycles. The molecule has 160 valence electrons. The Bertz CT molecular complexity index is 1050. The van der Waals surface area contributed by atoms with Crippen LogP contribution in [0, 0.1) is 23.1 Å². The molecule has 2 aromatic rings. The van der Waals surface area contributed by atoms with Gasteiger partial charge in [-0.2, -0.15) is 5.26 Å². The van der Waals surface area contributed by atoms with Gasteiger partial charge in [-0.3, -0.25) is 4.79 Å². The summed E-state index contributed by atoms with van der Waals surface area (Å²) in [5.74, 6) is -1.38. The molecule has 0 aliphatic carbocycles. The van der Waals surface area contributed by atoms with Gasteiger partial charge in [-0.1, -0.05) is 44.2 Å². The van der Waals surface area contributed by atoms with Crippen LogP contribution in [-0.4, -0.2) is 23.4 Å². The number of ether oxygens (including phenoxy) is 1. The van der Waals surface area contributed by atoms with Crippen molar-refractivity contribution in [2.75, 3.05) is 6.61 Å². The highest BCUT2D eigenvalue weighted by Crippen LogP contribution is 2.38. The van der Waals surface area contributed by atoms with E-state index >= 15 is 0 Å². The zero-order valence-corrected chi connectivity index (χ0v) is 17.9. The van der Waals surface area contributed by atoms with Crippen LogP contribution >= 0.6 is 0 Å². The molecule has 0 aromatic heterocycles. The Morgan fingerprint density at radius 1 is 1.23 bits per heavy atom. The average Bonchev–Trinajstić information content (AvgIpc) is 2.75. The van der Waals surface area contributed by atoms with Crippen molar-refractivity contribution in [2.45, 2.75) is 39.7 Å². The van der Waals surface area contributed by atoms with Crippen LogP contribution in [-0.2, 0) is 20.9 Å². The maximum absolute atomic E-state index is 13.4. The van der Waals surface area contributed by atoms with E-state index in [0.717, 1.165) is 0 Å². The smallest absolute Gasteiger partial charge is 0.336 e. The van der Waals surface area contributed by atoms with Gasteiger partial charge in [0.15, 0.2) is 0 Å². The lowest BCUT2D eigenvalue weighted by atomic mass is 9.83. The first-order chi connectivity index (χ1) is 14.8. The Balaban J connectivity index is 2.03. The zero-order valence-electron chi connectivity index (χ0n) is 17.9. The fourth-order valence-electron chi connectivity index (χ4n) is 3.71. The van der Waals surface area contributed by atoms with Crippen LogP contribution < -0.4 is 0 Å². The third-order valence-corrected chi connectivity index (χ3v) is 5.33. The van der Waals surface area contributed by atoms with Gasteiger partial charge in [0.25, 0.3) is 0 Å². The van der Waals surface area contributed by atoms with Crippen molar-refractivity contribution in [3.8, 4) is 6.07 Å². The summed E-state index contributed by atoms with van der Waals surface area (Å²) in [6.07, 6.45) is 0.0593. The molecule has 0 bridgehead atoms. The number of carbonyl (C=O) groups is 2. The summed E-state index contributed by atoms with van der Waals surface area (Å²) in [6, 6.07) is 15.0. The second kappa shape index (κ2) is 9.57. The highest BCUT2D eigenvalue weighted by atomic mass is 19.1. The van der Waals surface area contributed by atoms with Gasteiger partial charge >= 0.3 is 5.97 Å². The summed E-state index contributed by atoms with van der Waals surface area (Å²) in [7, 11) is 0. The fourth-order valence-corrected chi connectivity index (χ4v) is 3.71. The molecule has 6 heteroatoms. The molecule has 1 unspecified atom stereocenters. The van der Waals surface area contributed by atoms with Gasteiger partial charge in [-0.05, 0) is 42.2 Å². The van der Waals surface area contributed by atoms with Gasteiger partial charge in [0.05, 0.1) is 30.4 Å². The Labute approximate surface area is 181 Å². The number of halogens is 1. The highest BCUT2D eigenvalue weighted by molar-refractivity contribution is 5.95. The average molecular weight is 420 g/mol. The molecule has 1 aliphatic heterocycles. The molecule has 1 atom stereocenters. The third kappa shape index (κ3) is 5.00. The van der Waals surface area contributed by atoms with Crippen LogP contribution in [0.3, 0.4) is 0 Å². The van der Waals surface area contributed by atoms with Crippen LogP contribution in [0.2, 0.25) is 0 Å². The summed E-state index contributed by atoms with van der Waals surface area (Å²) >= 11 is 0. The molecule has 1 amide bonds. The van der Waals surface area contributed by atoms with Crippen LogP contribution in [0.25, 0.3) is 0 Å².